The number of imidazole rings is 1. The third-order valence-corrected chi connectivity index (χ3v) is 3.38. The molecule has 1 unspecified atom stereocenters. The highest BCUT2D eigenvalue weighted by Gasteiger charge is 2.16. The Morgan fingerprint density at radius 1 is 1.59 bits per heavy atom. The summed E-state index contributed by atoms with van der Waals surface area (Å²) >= 11 is 0. The van der Waals surface area contributed by atoms with Gasteiger partial charge < -0.3 is 14.5 Å². The molecule has 0 amide bonds. The van der Waals surface area contributed by atoms with Crippen LogP contribution >= 0.6 is 0 Å². The highest BCUT2D eigenvalue weighted by atomic mass is 16.5. The predicted octanol–water partition coefficient (Wildman–Crippen LogP) is 1.49. The molecule has 0 radical (unpaired) electrons. The van der Waals surface area contributed by atoms with Gasteiger partial charge in [0.2, 0.25) is 0 Å². The summed E-state index contributed by atoms with van der Waals surface area (Å²) in [7, 11) is 1.68. The Labute approximate surface area is 101 Å². The van der Waals surface area contributed by atoms with Crippen LogP contribution in [0.4, 0.5) is 0 Å². The monoisotopic (exact) mass is 231 g/mol. The predicted molar refractivity (Wildman–Crippen MR) is 66.4 cm³/mol. The number of fused-ring (bicyclic) bond motifs is 1. The number of rotatable bonds is 3. The zero-order valence-corrected chi connectivity index (χ0v) is 10.0. The van der Waals surface area contributed by atoms with Crippen molar-refractivity contribution in [1.82, 2.24) is 14.7 Å². The Morgan fingerprint density at radius 2 is 2.53 bits per heavy atom. The summed E-state index contributed by atoms with van der Waals surface area (Å²) in [6, 6.07) is 3.92. The molecule has 0 spiro atoms. The molecule has 3 heterocycles. The number of nitrogens with one attached hydrogen (secondary N) is 1. The highest BCUT2D eigenvalue weighted by Crippen LogP contribution is 2.18. The second-order valence-corrected chi connectivity index (χ2v) is 4.63. The van der Waals surface area contributed by atoms with E-state index >= 15 is 0 Å². The molecule has 1 aliphatic heterocycles. The molecule has 0 bridgehead atoms. The molecule has 1 saturated heterocycles. The minimum atomic E-state index is 0.738. The maximum Gasteiger partial charge on any atom is 0.140 e. The van der Waals surface area contributed by atoms with Crippen LogP contribution in [0.25, 0.3) is 5.65 Å². The van der Waals surface area contributed by atoms with Gasteiger partial charge in [-0.3, -0.25) is 0 Å². The SMILES string of the molecule is COc1ccn2cc(CC3CCNC3)nc2c1. The fraction of sp³-hybridized carbons (Fsp3) is 0.462. The maximum absolute atomic E-state index is 5.20. The molecular weight excluding hydrogens is 214 g/mol. The van der Waals surface area contributed by atoms with E-state index in [2.05, 4.69) is 20.9 Å². The lowest BCUT2D eigenvalue weighted by molar-refractivity contribution is 0.414. The number of hydrogen-bond acceptors (Lipinski definition) is 3. The van der Waals surface area contributed by atoms with Crippen LogP contribution in [-0.2, 0) is 6.42 Å². The first-order valence-corrected chi connectivity index (χ1v) is 6.07. The molecule has 1 aliphatic rings. The van der Waals surface area contributed by atoms with E-state index < -0.39 is 0 Å². The lowest BCUT2D eigenvalue weighted by Crippen LogP contribution is -2.10. The first-order chi connectivity index (χ1) is 8.35. The average molecular weight is 231 g/mol. The van der Waals surface area contributed by atoms with Crippen molar-refractivity contribution in [2.24, 2.45) is 5.92 Å². The minimum absolute atomic E-state index is 0.738. The van der Waals surface area contributed by atoms with Crippen molar-refractivity contribution in [3.8, 4) is 5.75 Å². The van der Waals surface area contributed by atoms with Gasteiger partial charge in [-0.25, -0.2) is 4.98 Å². The zero-order valence-electron chi connectivity index (χ0n) is 10.0. The molecule has 2 aromatic heterocycles. The van der Waals surface area contributed by atoms with Crippen LogP contribution in [0.5, 0.6) is 5.75 Å². The minimum Gasteiger partial charge on any atom is -0.497 e. The summed E-state index contributed by atoms with van der Waals surface area (Å²) in [4.78, 5) is 4.64. The molecule has 4 nitrogen and oxygen atoms in total. The Balaban J connectivity index is 1.85. The molecule has 0 aromatic carbocycles. The molecule has 2 aromatic rings. The average Bonchev–Trinajstić information content (AvgIpc) is 2.96. The number of methoxy groups -OCH3 is 1. The van der Waals surface area contributed by atoms with Gasteiger partial charge in [-0.05, 0) is 37.9 Å². The molecule has 0 saturated carbocycles. The smallest absolute Gasteiger partial charge is 0.140 e. The van der Waals surface area contributed by atoms with E-state index in [1.165, 1.54) is 12.1 Å². The van der Waals surface area contributed by atoms with Gasteiger partial charge in [0.15, 0.2) is 0 Å². The Morgan fingerprint density at radius 3 is 3.29 bits per heavy atom. The highest BCUT2D eigenvalue weighted by molar-refractivity contribution is 5.45. The number of aromatic nitrogens is 2. The molecule has 0 aliphatic carbocycles. The second-order valence-electron chi connectivity index (χ2n) is 4.63. The van der Waals surface area contributed by atoms with Crippen molar-refractivity contribution >= 4 is 5.65 Å². The Hall–Kier alpha value is -1.55. The first-order valence-electron chi connectivity index (χ1n) is 6.07. The molecule has 17 heavy (non-hydrogen) atoms. The fourth-order valence-electron chi connectivity index (χ4n) is 2.43. The Bertz CT molecular complexity index is 514. The third kappa shape index (κ3) is 2.13. The van der Waals surface area contributed by atoms with E-state index in [4.69, 9.17) is 4.74 Å². The first kappa shape index (κ1) is 10.6. The molecular formula is C13H17N3O. The van der Waals surface area contributed by atoms with E-state index in [0.717, 1.165) is 36.8 Å². The summed E-state index contributed by atoms with van der Waals surface area (Å²) in [5.74, 6) is 1.60. The zero-order chi connectivity index (χ0) is 11.7. The van der Waals surface area contributed by atoms with Crippen molar-refractivity contribution in [1.29, 1.82) is 0 Å². The van der Waals surface area contributed by atoms with Crippen LogP contribution in [0.2, 0.25) is 0 Å². The van der Waals surface area contributed by atoms with E-state index in [0.29, 0.717) is 0 Å². The number of ether oxygens (including phenoxy) is 1. The molecule has 3 rings (SSSR count). The summed E-state index contributed by atoms with van der Waals surface area (Å²) in [5.41, 5.74) is 2.14. The van der Waals surface area contributed by atoms with Crippen molar-refractivity contribution in [3.05, 3.63) is 30.2 Å². The molecule has 4 heteroatoms. The summed E-state index contributed by atoms with van der Waals surface area (Å²) < 4.78 is 7.26. The third-order valence-electron chi connectivity index (χ3n) is 3.38. The lowest BCUT2D eigenvalue weighted by Gasteiger charge is -2.03. The normalized spacial score (nSPS) is 19.9. The van der Waals surface area contributed by atoms with Gasteiger partial charge in [-0.2, -0.15) is 0 Å². The maximum atomic E-state index is 5.20. The fourth-order valence-corrected chi connectivity index (χ4v) is 2.43. The van der Waals surface area contributed by atoms with Crippen molar-refractivity contribution in [2.75, 3.05) is 20.2 Å². The second kappa shape index (κ2) is 4.37. The molecule has 1 N–H and O–H groups in total. The van der Waals surface area contributed by atoms with Gasteiger partial charge in [0.05, 0.1) is 12.8 Å². The van der Waals surface area contributed by atoms with Gasteiger partial charge in [0.1, 0.15) is 11.4 Å². The number of hydrogen-bond donors (Lipinski definition) is 1. The van der Waals surface area contributed by atoms with Crippen molar-refractivity contribution in [2.45, 2.75) is 12.8 Å². The summed E-state index contributed by atoms with van der Waals surface area (Å²) in [5, 5.41) is 3.39. The van der Waals surface area contributed by atoms with Crippen LogP contribution in [0.3, 0.4) is 0 Å². The van der Waals surface area contributed by atoms with Crippen LogP contribution in [0, 0.1) is 5.92 Å². The van der Waals surface area contributed by atoms with Gasteiger partial charge in [-0.15, -0.1) is 0 Å². The van der Waals surface area contributed by atoms with Crippen molar-refractivity contribution in [3.63, 3.8) is 0 Å². The van der Waals surface area contributed by atoms with Crippen molar-refractivity contribution < 1.29 is 4.74 Å². The van der Waals surface area contributed by atoms with E-state index in [9.17, 15) is 0 Å². The van der Waals surface area contributed by atoms with Gasteiger partial charge in [0.25, 0.3) is 0 Å². The van der Waals surface area contributed by atoms with Crippen LogP contribution in [0.15, 0.2) is 24.5 Å². The van der Waals surface area contributed by atoms with Gasteiger partial charge in [0, 0.05) is 18.5 Å². The summed E-state index contributed by atoms with van der Waals surface area (Å²) in [6.07, 6.45) is 6.44. The van der Waals surface area contributed by atoms with Gasteiger partial charge >= 0.3 is 0 Å². The van der Waals surface area contributed by atoms with E-state index in [-0.39, 0.29) is 0 Å². The van der Waals surface area contributed by atoms with Crippen LogP contribution in [-0.4, -0.2) is 29.6 Å². The largest absolute Gasteiger partial charge is 0.497 e. The number of nitrogens with zero attached hydrogens (tertiary/aromatic N) is 2. The topological polar surface area (TPSA) is 38.6 Å². The Kier molecular flexibility index (Phi) is 2.73. The molecule has 1 fully saturated rings. The molecule has 1 atom stereocenters. The van der Waals surface area contributed by atoms with Crippen LogP contribution < -0.4 is 10.1 Å². The molecule has 90 valence electrons. The lowest BCUT2D eigenvalue weighted by atomic mass is 10.0. The number of pyridine rings is 1. The van der Waals surface area contributed by atoms with E-state index in [1.807, 2.05) is 18.3 Å². The van der Waals surface area contributed by atoms with Gasteiger partial charge in [-0.1, -0.05) is 0 Å². The summed E-state index contributed by atoms with van der Waals surface area (Å²) in [6.45, 7) is 2.27. The van der Waals surface area contributed by atoms with E-state index in [1.54, 1.807) is 7.11 Å². The quantitative estimate of drug-likeness (QED) is 0.870. The standard InChI is InChI=1S/C13H17N3O/c1-17-12-3-5-16-9-11(15-13(16)7-12)6-10-2-4-14-8-10/h3,5,7,9-10,14H,2,4,6,8H2,1H3. The van der Waals surface area contributed by atoms with Crippen LogP contribution in [0.1, 0.15) is 12.1 Å².